The van der Waals surface area contributed by atoms with Gasteiger partial charge in [0.25, 0.3) is 0 Å². The van der Waals surface area contributed by atoms with E-state index in [1.807, 2.05) is 47.8 Å². The molecular formula is C19H23NO2S2. The van der Waals surface area contributed by atoms with Crippen LogP contribution in [0.5, 0.6) is 11.5 Å². The van der Waals surface area contributed by atoms with E-state index in [0.717, 1.165) is 18.0 Å². The van der Waals surface area contributed by atoms with Gasteiger partial charge in [0.1, 0.15) is 11.5 Å². The highest BCUT2D eigenvalue weighted by molar-refractivity contribution is 8.17. The normalized spacial score (nSPS) is 17.2. The molecular weight excluding hydrogens is 338 g/mol. The lowest BCUT2D eigenvalue weighted by atomic mass is 10.2. The first-order valence-electron chi connectivity index (χ1n) is 8.14. The van der Waals surface area contributed by atoms with E-state index in [9.17, 15) is 0 Å². The standard InChI is InChI=1S/C19H23NO2S2/c1-21-15-9-3-5-11-17(15)23-19(14-8-7-13-20-14)24-18-12-6-4-10-16(18)22-2/h3-6,9-12,14,19-20H,7-8,13H2,1-2H3/t14-/m0/s1. The van der Waals surface area contributed by atoms with Crippen molar-refractivity contribution in [2.45, 2.75) is 33.3 Å². The second-order valence-electron chi connectivity index (χ2n) is 5.61. The zero-order valence-corrected chi connectivity index (χ0v) is 15.7. The van der Waals surface area contributed by atoms with E-state index in [4.69, 9.17) is 9.47 Å². The van der Waals surface area contributed by atoms with E-state index in [2.05, 4.69) is 29.6 Å². The number of nitrogens with one attached hydrogen (secondary N) is 1. The molecule has 0 saturated carbocycles. The smallest absolute Gasteiger partial charge is 0.132 e. The Morgan fingerprint density at radius 1 is 0.917 bits per heavy atom. The van der Waals surface area contributed by atoms with Gasteiger partial charge in [-0.3, -0.25) is 0 Å². The van der Waals surface area contributed by atoms with Gasteiger partial charge < -0.3 is 14.8 Å². The monoisotopic (exact) mass is 361 g/mol. The average Bonchev–Trinajstić information content (AvgIpc) is 3.16. The summed E-state index contributed by atoms with van der Waals surface area (Å²) >= 11 is 3.74. The Morgan fingerprint density at radius 3 is 1.92 bits per heavy atom. The molecule has 0 bridgehead atoms. The molecule has 1 saturated heterocycles. The number of benzene rings is 2. The van der Waals surface area contributed by atoms with Gasteiger partial charge in [-0.2, -0.15) is 0 Å². The maximum Gasteiger partial charge on any atom is 0.132 e. The van der Waals surface area contributed by atoms with Crippen molar-refractivity contribution in [3.63, 3.8) is 0 Å². The molecule has 2 aromatic carbocycles. The molecule has 1 aliphatic heterocycles. The third kappa shape index (κ3) is 4.21. The fourth-order valence-electron chi connectivity index (χ4n) is 2.81. The van der Waals surface area contributed by atoms with Gasteiger partial charge in [0.15, 0.2) is 0 Å². The predicted molar refractivity (Wildman–Crippen MR) is 103 cm³/mol. The van der Waals surface area contributed by atoms with Crippen LogP contribution in [-0.2, 0) is 0 Å². The van der Waals surface area contributed by atoms with Crippen LogP contribution in [0.3, 0.4) is 0 Å². The van der Waals surface area contributed by atoms with Gasteiger partial charge >= 0.3 is 0 Å². The van der Waals surface area contributed by atoms with Crippen LogP contribution in [0.4, 0.5) is 0 Å². The summed E-state index contributed by atoms with van der Waals surface area (Å²) in [6.45, 7) is 1.10. The maximum absolute atomic E-state index is 5.53. The van der Waals surface area contributed by atoms with E-state index in [1.165, 1.54) is 22.6 Å². The third-order valence-electron chi connectivity index (χ3n) is 4.05. The Kier molecular flexibility index (Phi) is 6.35. The first-order valence-corrected chi connectivity index (χ1v) is 9.90. The van der Waals surface area contributed by atoms with Gasteiger partial charge in [-0.05, 0) is 43.7 Å². The van der Waals surface area contributed by atoms with Crippen molar-refractivity contribution in [1.82, 2.24) is 5.32 Å². The molecule has 1 atom stereocenters. The summed E-state index contributed by atoms with van der Waals surface area (Å²) in [6.07, 6.45) is 2.44. The average molecular weight is 362 g/mol. The fraction of sp³-hybridized carbons (Fsp3) is 0.368. The molecule has 0 aromatic heterocycles. The van der Waals surface area contributed by atoms with Crippen LogP contribution in [0.15, 0.2) is 58.3 Å². The molecule has 1 aliphatic rings. The Labute approximate surface area is 152 Å². The van der Waals surface area contributed by atoms with E-state index in [1.54, 1.807) is 14.2 Å². The topological polar surface area (TPSA) is 30.5 Å². The number of hydrogen-bond donors (Lipinski definition) is 1. The highest BCUT2D eigenvalue weighted by Gasteiger charge is 2.28. The summed E-state index contributed by atoms with van der Waals surface area (Å²) in [4.78, 5) is 2.36. The van der Waals surface area contributed by atoms with Gasteiger partial charge in [0.05, 0.1) is 28.6 Å². The van der Waals surface area contributed by atoms with E-state index < -0.39 is 0 Å². The van der Waals surface area contributed by atoms with Crippen LogP contribution in [0.2, 0.25) is 0 Å². The molecule has 1 heterocycles. The Balaban J connectivity index is 1.83. The van der Waals surface area contributed by atoms with Crippen molar-refractivity contribution in [2.24, 2.45) is 0 Å². The van der Waals surface area contributed by atoms with Gasteiger partial charge in [-0.1, -0.05) is 24.3 Å². The molecule has 1 fully saturated rings. The number of para-hydroxylation sites is 2. The lowest BCUT2D eigenvalue weighted by Crippen LogP contribution is -2.30. The quantitative estimate of drug-likeness (QED) is 0.572. The molecule has 0 spiro atoms. The molecule has 1 N–H and O–H groups in total. The van der Waals surface area contributed by atoms with Crippen LogP contribution in [0.25, 0.3) is 0 Å². The molecule has 0 amide bonds. The lowest BCUT2D eigenvalue weighted by Gasteiger charge is -2.24. The second-order valence-corrected chi connectivity index (χ2v) is 8.27. The number of hydrogen-bond acceptors (Lipinski definition) is 5. The minimum Gasteiger partial charge on any atom is -0.496 e. The maximum atomic E-state index is 5.53. The van der Waals surface area contributed by atoms with Gasteiger partial charge in [0.2, 0.25) is 0 Å². The van der Waals surface area contributed by atoms with Crippen LogP contribution >= 0.6 is 23.5 Å². The van der Waals surface area contributed by atoms with Gasteiger partial charge in [-0.15, -0.1) is 23.5 Å². The van der Waals surface area contributed by atoms with Crippen molar-refractivity contribution < 1.29 is 9.47 Å². The van der Waals surface area contributed by atoms with Crippen molar-refractivity contribution in [1.29, 1.82) is 0 Å². The lowest BCUT2D eigenvalue weighted by molar-refractivity contribution is 0.404. The highest BCUT2D eigenvalue weighted by Crippen LogP contribution is 2.44. The van der Waals surface area contributed by atoms with Gasteiger partial charge in [-0.25, -0.2) is 0 Å². The molecule has 0 unspecified atom stereocenters. The first kappa shape index (κ1) is 17.5. The summed E-state index contributed by atoms with van der Waals surface area (Å²) in [5.41, 5.74) is 0. The van der Waals surface area contributed by atoms with Crippen LogP contribution in [0.1, 0.15) is 12.8 Å². The first-order chi connectivity index (χ1) is 11.8. The summed E-state index contributed by atoms with van der Waals surface area (Å²) in [6, 6.07) is 17.0. The molecule has 3 rings (SSSR count). The molecule has 5 heteroatoms. The number of rotatable bonds is 7. The number of methoxy groups -OCH3 is 2. The molecule has 2 aromatic rings. The highest BCUT2D eigenvalue weighted by atomic mass is 32.2. The number of thioether (sulfide) groups is 2. The van der Waals surface area contributed by atoms with E-state index in [-0.39, 0.29) is 0 Å². The second kappa shape index (κ2) is 8.70. The molecule has 24 heavy (non-hydrogen) atoms. The Bertz CT molecular complexity index is 610. The van der Waals surface area contributed by atoms with Crippen molar-refractivity contribution in [3.05, 3.63) is 48.5 Å². The zero-order valence-electron chi connectivity index (χ0n) is 14.0. The number of ether oxygens (including phenoxy) is 2. The van der Waals surface area contributed by atoms with Crippen molar-refractivity contribution >= 4 is 23.5 Å². The summed E-state index contributed by atoms with van der Waals surface area (Å²) < 4.78 is 11.4. The van der Waals surface area contributed by atoms with Gasteiger partial charge in [0, 0.05) is 6.04 Å². The predicted octanol–water partition coefficient (Wildman–Crippen LogP) is 4.67. The third-order valence-corrected chi connectivity index (χ3v) is 6.93. The van der Waals surface area contributed by atoms with Crippen LogP contribution in [0, 0.1) is 0 Å². The molecule has 0 aliphatic carbocycles. The Hall–Kier alpha value is -1.30. The van der Waals surface area contributed by atoms with Crippen molar-refractivity contribution in [3.8, 4) is 11.5 Å². The van der Waals surface area contributed by atoms with E-state index >= 15 is 0 Å². The Morgan fingerprint density at radius 2 is 1.46 bits per heavy atom. The zero-order chi connectivity index (χ0) is 16.8. The largest absolute Gasteiger partial charge is 0.496 e. The minimum atomic E-state index is 0.361. The van der Waals surface area contributed by atoms with Crippen LogP contribution < -0.4 is 14.8 Å². The summed E-state index contributed by atoms with van der Waals surface area (Å²) in [5, 5.41) is 3.65. The molecule has 128 valence electrons. The SMILES string of the molecule is COc1ccccc1SC(Sc1ccccc1OC)[C@@H]1CCCN1. The summed E-state index contributed by atoms with van der Waals surface area (Å²) in [5.74, 6) is 1.87. The molecule has 3 nitrogen and oxygen atoms in total. The van der Waals surface area contributed by atoms with Crippen molar-refractivity contribution in [2.75, 3.05) is 20.8 Å². The molecule has 0 radical (unpaired) electrons. The van der Waals surface area contributed by atoms with E-state index in [0.29, 0.717) is 10.6 Å². The minimum absolute atomic E-state index is 0.361. The summed E-state index contributed by atoms with van der Waals surface area (Å²) in [7, 11) is 3.46. The fourth-order valence-corrected chi connectivity index (χ4v) is 5.77. The van der Waals surface area contributed by atoms with Crippen LogP contribution in [-0.4, -0.2) is 31.4 Å².